The normalized spacial score (nSPS) is 28.2. The highest BCUT2D eigenvalue weighted by atomic mass is 19.1. The maximum Gasteiger partial charge on any atom is 0.374 e. The first kappa shape index (κ1) is 34.3. The van der Waals surface area contributed by atoms with E-state index in [0.717, 1.165) is 44.9 Å². The average molecular weight is 644 g/mol. The number of alkyl halides is 1. The molecule has 3 aliphatic rings. The largest absolute Gasteiger partial charge is 0.457 e. The number of anilines is 1. The van der Waals surface area contributed by atoms with Gasteiger partial charge >= 0.3 is 5.97 Å². The van der Waals surface area contributed by atoms with Crippen molar-refractivity contribution in [3.8, 4) is 0 Å². The van der Waals surface area contributed by atoms with Crippen LogP contribution in [0.1, 0.15) is 81.7 Å². The van der Waals surface area contributed by atoms with E-state index in [2.05, 4.69) is 5.32 Å². The molecule has 2 aliphatic carbocycles. The van der Waals surface area contributed by atoms with Gasteiger partial charge in [-0.2, -0.15) is 0 Å². The molecule has 254 valence electrons. The van der Waals surface area contributed by atoms with Crippen LogP contribution in [0, 0.1) is 23.7 Å². The van der Waals surface area contributed by atoms with Gasteiger partial charge in [-0.05, 0) is 113 Å². The Hall–Kier alpha value is -3.02. The van der Waals surface area contributed by atoms with Crippen LogP contribution in [0.15, 0.2) is 28.7 Å². The number of rotatable bonds is 12. The third-order valence-corrected chi connectivity index (χ3v) is 10.7. The molecule has 0 spiro atoms. The molecule has 0 bridgehead atoms. The summed E-state index contributed by atoms with van der Waals surface area (Å²) in [5.74, 6) is -0.197. The Kier molecular flexibility index (Phi) is 11.7. The van der Waals surface area contributed by atoms with E-state index < -0.39 is 18.7 Å². The van der Waals surface area contributed by atoms with Crippen molar-refractivity contribution >= 4 is 34.4 Å². The molecule has 1 aromatic heterocycles. The maximum atomic E-state index is 14.1. The minimum atomic E-state index is -0.588. The number of carbonyl (C=O) groups is 3. The van der Waals surface area contributed by atoms with Crippen LogP contribution in [0.25, 0.3) is 11.0 Å². The molecular weight excluding hydrogens is 593 g/mol. The molecule has 3 fully saturated rings. The van der Waals surface area contributed by atoms with Crippen LogP contribution >= 0.6 is 0 Å². The molecule has 5 rings (SSSR count). The summed E-state index contributed by atoms with van der Waals surface area (Å²) in [6, 6.07) is 6.08. The number of nitrogens with zero attached hydrogens (tertiary/aromatic N) is 1. The Morgan fingerprint density at radius 1 is 1.04 bits per heavy atom. The number of hydrogen-bond donors (Lipinski definition) is 2. The van der Waals surface area contributed by atoms with Gasteiger partial charge in [0.2, 0.25) is 17.6 Å². The molecule has 11 heteroatoms. The fourth-order valence-electron chi connectivity index (χ4n) is 7.81. The van der Waals surface area contributed by atoms with E-state index in [1.807, 2.05) is 4.90 Å². The summed E-state index contributed by atoms with van der Waals surface area (Å²) in [6.45, 7) is 2.04. The number of fused-ring (bicyclic) bond motifs is 1. The van der Waals surface area contributed by atoms with Gasteiger partial charge in [-0.25, -0.2) is 4.79 Å². The number of carbonyl (C=O) groups excluding carboxylic acids is 3. The lowest BCUT2D eigenvalue weighted by atomic mass is 9.75. The molecule has 0 unspecified atom stereocenters. The van der Waals surface area contributed by atoms with Crippen molar-refractivity contribution in [2.75, 3.05) is 39.4 Å². The van der Waals surface area contributed by atoms with E-state index in [-0.39, 0.29) is 60.2 Å². The van der Waals surface area contributed by atoms with Gasteiger partial charge in [-0.3, -0.25) is 14.0 Å². The summed E-state index contributed by atoms with van der Waals surface area (Å²) in [6.07, 6.45) is 8.03. The highest BCUT2D eigenvalue weighted by molar-refractivity contribution is 6.00. The van der Waals surface area contributed by atoms with Crippen molar-refractivity contribution < 1.29 is 37.4 Å². The van der Waals surface area contributed by atoms with E-state index >= 15 is 0 Å². The number of halogens is 1. The molecule has 2 aromatic rings. The second kappa shape index (κ2) is 15.7. The number of ether oxygens (including phenoxy) is 3. The first-order valence-corrected chi connectivity index (χ1v) is 16.9. The van der Waals surface area contributed by atoms with Crippen molar-refractivity contribution in [2.24, 2.45) is 29.4 Å². The smallest absolute Gasteiger partial charge is 0.374 e. The predicted octanol–water partition coefficient (Wildman–Crippen LogP) is 5.48. The number of amides is 2. The van der Waals surface area contributed by atoms with Gasteiger partial charge in [0.1, 0.15) is 18.2 Å². The maximum absolute atomic E-state index is 14.1. The standard InChI is InChI=1S/C35H50FN3O7/c1-21(43-2)20-45-35(42)31-19-25-18-26(10-13-30(25)46-31)38-33(40)32-28(22-8-11-27(44-3)12-9-22)15-17-39(32)34(41)24-6-4-23(5-7-24)29(37)14-16-36/h10,13,18-19,21-24,27-29,32H,4-9,11-12,14-17,20,37H2,1-3H3,(H,38,40)/t21-,22?,23?,24?,27?,28-,29+,32-/m0/s1. The SMILES string of the molecule is COC1CCC([C@@H]2CCN(C(=O)C3CCC([C@H](N)CCF)CC3)[C@@H]2C(=O)Nc2ccc3oc(C(=O)OC[C@H](C)OC)cc3c2)CC1. The number of nitrogens with two attached hydrogens (primary N) is 1. The average Bonchev–Trinajstić information content (AvgIpc) is 3.72. The fraction of sp³-hybridized carbons (Fsp3) is 0.686. The molecular formula is C35H50FN3O7. The first-order valence-electron chi connectivity index (χ1n) is 16.9. The molecule has 4 atom stereocenters. The van der Waals surface area contributed by atoms with Crippen LogP contribution in [-0.4, -0.2) is 81.0 Å². The number of nitrogens with one attached hydrogen (secondary N) is 1. The Morgan fingerprint density at radius 2 is 1.78 bits per heavy atom. The number of benzene rings is 1. The topological polar surface area (TPSA) is 133 Å². The van der Waals surface area contributed by atoms with E-state index in [4.69, 9.17) is 24.4 Å². The quantitative estimate of drug-likeness (QED) is 0.291. The van der Waals surface area contributed by atoms with Crippen LogP contribution < -0.4 is 11.1 Å². The van der Waals surface area contributed by atoms with Gasteiger partial charge in [0.15, 0.2) is 0 Å². The summed E-state index contributed by atoms with van der Waals surface area (Å²) in [5.41, 5.74) is 7.27. The second-order valence-corrected chi connectivity index (χ2v) is 13.5. The van der Waals surface area contributed by atoms with Gasteiger partial charge in [0.05, 0.1) is 18.9 Å². The van der Waals surface area contributed by atoms with Crippen molar-refractivity contribution in [2.45, 2.75) is 95.4 Å². The van der Waals surface area contributed by atoms with Crippen molar-refractivity contribution in [1.29, 1.82) is 0 Å². The highest BCUT2D eigenvalue weighted by Gasteiger charge is 2.47. The number of likely N-dealkylation sites (tertiary alicyclic amines) is 1. The third kappa shape index (κ3) is 7.91. The van der Waals surface area contributed by atoms with Crippen LogP contribution in [0.2, 0.25) is 0 Å². The number of esters is 1. The minimum Gasteiger partial charge on any atom is -0.457 e. The summed E-state index contributed by atoms with van der Waals surface area (Å²) >= 11 is 0. The van der Waals surface area contributed by atoms with Gasteiger partial charge in [0, 0.05) is 43.8 Å². The van der Waals surface area contributed by atoms with Gasteiger partial charge in [0.25, 0.3) is 0 Å². The van der Waals surface area contributed by atoms with Crippen molar-refractivity contribution in [3.05, 3.63) is 30.0 Å². The zero-order chi connectivity index (χ0) is 32.8. The molecule has 2 saturated carbocycles. The van der Waals surface area contributed by atoms with E-state index in [9.17, 15) is 18.8 Å². The molecule has 2 heterocycles. The number of methoxy groups -OCH3 is 2. The number of furan rings is 1. The third-order valence-electron chi connectivity index (χ3n) is 10.7. The molecule has 1 aliphatic heterocycles. The van der Waals surface area contributed by atoms with Gasteiger partial charge < -0.3 is 34.6 Å². The van der Waals surface area contributed by atoms with Gasteiger partial charge in [-0.1, -0.05) is 0 Å². The summed E-state index contributed by atoms with van der Waals surface area (Å²) in [7, 11) is 3.30. The lowest BCUT2D eigenvalue weighted by Gasteiger charge is -2.37. The Bertz CT molecular complexity index is 1330. The molecule has 3 N–H and O–H groups in total. The monoisotopic (exact) mass is 643 g/mol. The molecule has 1 saturated heterocycles. The van der Waals surface area contributed by atoms with E-state index in [0.29, 0.717) is 48.4 Å². The summed E-state index contributed by atoms with van der Waals surface area (Å²) < 4.78 is 34.6. The van der Waals surface area contributed by atoms with E-state index in [1.54, 1.807) is 45.4 Å². The molecule has 46 heavy (non-hydrogen) atoms. The Morgan fingerprint density at radius 3 is 2.46 bits per heavy atom. The molecule has 2 amide bonds. The van der Waals surface area contributed by atoms with Crippen LogP contribution in [0.5, 0.6) is 0 Å². The summed E-state index contributed by atoms with van der Waals surface area (Å²) in [4.78, 5) is 42.5. The highest BCUT2D eigenvalue weighted by Crippen LogP contribution is 2.42. The van der Waals surface area contributed by atoms with Gasteiger partial charge in [-0.15, -0.1) is 0 Å². The lowest BCUT2D eigenvalue weighted by molar-refractivity contribution is -0.142. The van der Waals surface area contributed by atoms with E-state index in [1.165, 1.54) is 0 Å². The Labute approximate surface area is 270 Å². The van der Waals surface area contributed by atoms with Crippen LogP contribution in [0.4, 0.5) is 10.1 Å². The van der Waals surface area contributed by atoms with Crippen LogP contribution in [-0.2, 0) is 23.8 Å². The predicted molar refractivity (Wildman–Crippen MR) is 172 cm³/mol. The second-order valence-electron chi connectivity index (χ2n) is 13.5. The van der Waals surface area contributed by atoms with Crippen molar-refractivity contribution in [1.82, 2.24) is 4.90 Å². The zero-order valence-corrected chi connectivity index (χ0v) is 27.4. The zero-order valence-electron chi connectivity index (χ0n) is 27.4. The first-order chi connectivity index (χ1) is 22.2. The fourth-order valence-corrected chi connectivity index (χ4v) is 7.81. The van der Waals surface area contributed by atoms with Crippen molar-refractivity contribution in [3.63, 3.8) is 0 Å². The number of hydrogen-bond acceptors (Lipinski definition) is 8. The lowest BCUT2D eigenvalue weighted by Crippen LogP contribution is -2.50. The minimum absolute atomic E-state index is 0.0435. The van der Waals surface area contributed by atoms with Crippen LogP contribution in [0.3, 0.4) is 0 Å². The summed E-state index contributed by atoms with van der Waals surface area (Å²) in [5, 5.41) is 3.74. The molecule has 0 radical (unpaired) electrons. The Balaban J connectivity index is 1.30. The molecule has 1 aromatic carbocycles. The molecule has 10 nitrogen and oxygen atoms in total.